The zero-order chi connectivity index (χ0) is 14.0. The fourth-order valence-corrected chi connectivity index (χ4v) is 1.69. The number of oxazole rings is 1. The third-order valence-corrected chi connectivity index (χ3v) is 2.60. The van der Waals surface area contributed by atoms with E-state index in [0.717, 1.165) is 5.56 Å². The maximum absolute atomic E-state index is 13.2. The molecular weight excluding hydrogens is 253 g/mol. The van der Waals surface area contributed by atoms with Crippen LogP contribution in [0.2, 0.25) is 0 Å². The minimum atomic E-state index is -1.24. The monoisotopic (exact) mass is 265 g/mol. The van der Waals surface area contributed by atoms with Gasteiger partial charge in [0.15, 0.2) is 0 Å². The number of carboxylic acid groups (broad SMARTS) is 1. The fraction of sp³-hybridized carbons (Fsp3) is 0.231. The number of aromatic nitrogens is 1. The van der Waals surface area contributed by atoms with Gasteiger partial charge in [0.2, 0.25) is 11.7 Å². The molecule has 1 aromatic carbocycles. The van der Waals surface area contributed by atoms with E-state index in [1.807, 2.05) is 0 Å². The van der Waals surface area contributed by atoms with Crippen molar-refractivity contribution in [3.05, 3.63) is 41.0 Å². The number of carboxylic acids is 1. The number of halogens is 1. The van der Waals surface area contributed by atoms with Gasteiger partial charge in [0.05, 0.1) is 6.61 Å². The minimum Gasteiger partial charge on any atom is -0.475 e. The lowest BCUT2D eigenvalue weighted by Gasteiger charge is -2.00. The Morgan fingerprint density at radius 1 is 1.53 bits per heavy atom. The second-order valence-electron chi connectivity index (χ2n) is 3.99. The molecule has 0 saturated carbocycles. The Morgan fingerprint density at radius 3 is 2.89 bits per heavy atom. The van der Waals surface area contributed by atoms with Gasteiger partial charge >= 0.3 is 5.97 Å². The van der Waals surface area contributed by atoms with Crippen LogP contribution in [0, 0.1) is 12.7 Å². The highest BCUT2D eigenvalue weighted by atomic mass is 19.1. The highest BCUT2D eigenvalue weighted by Gasteiger charge is 2.21. The third-order valence-electron chi connectivity index (χ3n) is 2.60. The van der Waals surface area contributed by atoms with E-state index in [9.17, 15) is 9.18 Å². The first-order valence-electron chi connectivity index (χ1n) is 5.51. The summed E-state index contributed by atoms with van der Waals surface area (Å²) in [5, 5.41) is 9.01. The maximum atomic E-state index is 13.2. The third kappa shape index (κ3) is 2.63. The molecular formula is C13H12FNO4. The van der Waals surface area contributed by atoms with Gasteiger partial charge in [0.1, 0.15) is 11.5 Å². The predicted molar refractivity (Wildman–Crippen MR) is 64.3 cm³/mol. The number of benzene rings is 1. The zero-order valence-corrected chi connectivity index (χ0v) is 10.4. The highest BCUT2D eigenvalue weighted by Crippen LogP contribution is 2.26. The van der Waals surface area contributed by atoms with Crippen molar-refractivity contribution in [1.82, 2.24) is 4.98 Å². The first kappa shape index (κ1) is 13.2. The number of methoxy groups -OCH3 is 1. The van der Waals surface area contributed by atoms with Crippen molar-refractivity contribution < 1.29 is 23.4 Å². The van der Waals surface area contributed by atoms with Crippen molar-refractivity contribution in [1.29, 1.82) is 0 Å². The molecule has 0 bridgehead atoms. The molecule has 0 fully saturated rings. The first-order chi connectivity index (χ1) is 9.02. The minimum absolute atomic E-state index is 0.0134. The molecule has 6 heteroatoms. The normalized spacial score (nSPS) is 10.7. The Balaban J connectivity index is 2.53. The van der Waals surface area contributed by atoms with Crippen LogP contribution in [0.4, 0.5) is 4.39 Å². The van der Waals surface area contributed by atoms with E-state index in [0.29, 0.717) is 5.56 Å². The largest absolute Gasteiger partial charge is 0.475 e. The summed E-state index contributed by atoms with van der Waals surface area (Å²) in [7, 11) is 1.42. The standard InChI is InChI=1S/C13H12FNO4/c1-7-3-4-8(14)5-9(7)12-15-10(6-18-2)11(19-12)13(16)17/h3-5H,6H2,1-2H3,(H,16,17). The van der Waals surface area contributed by atoms with E-state index >= 15 is 0 Å². The Labute approximate surface area is 108 Å². The summed E-state index contributed by atoms with van der Waals surface area (Å²) >= 11 is 0. The summed E-state index contributed by atoms with van der Waals surface area (Å²) in [6.07, 6.45) is 0. The molecule has 100 valence electrons. The molecule has 0 saturated heterocycles. The van der Waals surface area contributed by atoms with Crippen molar-refractivity contribution in [2.24, 2.45) is 0 Å². The van der Waals surface area contributed by atoms with Gasteiger partial charge in [-0.1, -0.05) is 6.07 Å². The number of hydrogen-bond acceptors (Lipinski definition) is 4. The molecule has 0 amide bonds. The van der Waals surface area contributed by atoms with Crippen LogP contribution in [0.5, 0.6) is 0 Å². The van der Waals surface area contributed by atoms with Gasteiger partial charge in [-0.3, -0.25) is 0 Å². The smallest absolute Gasteiger partial charge is 0.373 e. The summed E-state index contributed by atoms with van der Waals surface area (Å²) < 4.78 is 23.3. The summed E-state index contributed by atoms with van der Waals surface area (Å²) in [6, 6.07) is 4.14. The molecule has 0 aliphatic carbocycles. The molecule has 0 radical (unpaired) electrons. The summed E-state index contributed by atoms with van der Waals surface area (Å²) in [6.45, 7) is 1.77. The molecule has 19 heavy (non-hydrogen) atoms. The van der Waals surface area contributed by atoms with Gasteiger partial charge < -0.3 is 14.3 Å². The highest BCUT2D eigenvalue weighted by molar-refractivity contribution is 5.86. The number of aromatic carboxylic acids is 1. The van der Waals surface area contributed by atoms with Crippen LogP contribution >= 0.6 is 0 Å². The molecule has 0 atom stereocenters. The van der Waals surface area contributed by atoms with Crippen molar-refractivity contribution in [2.45, 2.75) is 13.5 Å². The van der Waals surface area contributed by atoms with Gasteiger partial charge in [0, 0.05) is 12.7 Å². The second-order valence-corrected chi connectivity index (χ2v) is 3.99. The maximum Gasteiger partial charge on any atom is 0.373 e. The van der Waals surface area contributed by atoms with Crippen LogP contribution in [0.15, 0.2) is 22.6 Å². The van der Waals surface area contributed by atoms with Gasteiger partial charge in [-0.25, -0.2) is 14.2 Å². The molecule has 1 aromatic heterocycles. The van der Waals surface area contributed by atoms with E-state index in [4.69, 9.17) is 14.3 Å². The Kier molecular flexibility index (Phi) is 3.62. The number of hydrogen-bond donors (Lipinski definition) is 1. The van der Waals surface area contributed by atoms with E-state index in [1.165, 1.54) is 19.2 Å². The molecule has 1 heterocycles. The first-order valence-corrected chi connectivity index (χ1v) is 5.51. The second kappa shape index (κ2) is 5.19. The van der Waals surface area contributed by atoms with Gasteiger partial charge in [-0.15, -0.1) is 0 Å². The summed E-state index contributed by atoms with van der Waals surface area (Å²) in [5.74, 6) is -1.90. The number of carbonyl (C=O) groups is 1. The molecule has 0 unspecified atom stereocenters. The Bertz CT molecular complexity index is 621. The Morgan fingerprint density at radius 2 is 2.26 bits per heavy atom. The average molecular weight is 265 g/mol. The van der Waals surface area contributed by atoms with Crippen molar-refractivity contribution in [3.63, 3.8) is 0 Å². The van der Waals surface area contributed by atoms with Crippen LogP contribution in [0.1, 0.15) is 21.8 Å². The van der Waals surface area contributed by atoms with Gasteiger partial charge in [-0.05, 0) is 24.6 Å². The van der Waals surface area contributed by atoms with Crippen LogP contribution in [-0.2, 0) is 11.3 Å². The van der Waals surface area contributed by atoms with Crippen LogP contribution in [0.3, 0.4) is 0 Å². The molecule has 0 aliphatic heterocycles. The van der Waals surface area contributed by atoms with Crippen LogP contribution < -0.4 is 0 Å². The lowest BCUT2D eigenvalue weighted by Crippen LogP contribution is -2.00. The SMILES string of the molecule is COCc1nc(-c2cc(F)ccc2C)oc1C(=O)O. The van der Waals surface area contributed by atoms with Crippen LogP contribution in [-0.4, -0.2) is 23.2 Å². The molecule has 5 nitrogen and oxygen atoms in total. The summed E-state index contributed by atoms with van der Waals surface area (Å²) in [4.78, 5) is 15.1. The molecule has 1 N–H and O–H groups in total. The quantitative estimate of drug-likeness (QED) is 0.919. The lowest BCUT2D eigenvalue weighted by atomic mass is 10.1. The van der Waals surface area contributed by atoms with Crippen LogP contribution in [0.25, 0.3) is 11.5 Å². The van der Waals surface area contributed by atoms with Gasteiger partial charge in [0.25, 0.3) is 0 Å². The molecule has 0 aliphatic rings. The Hall–Kier alpha value is -2.21. The van der Waals surface area contributed by atoms with Crippen molar-refractivity contribution in [3.8, 4) is 11.5 Å². The molecule has 0 spiro atoms. The van der Waals surface area contributed by atoms with E-state index in [1.54, 1.807) is 13.0 Å². The zero-order valence-electron chi connectivity index (χ0n) is 10.4. The van der Waals surface area contributed by atoms with E-state index in [-0.39, 0.29) is 24.0 Å². The van der Waals surface area contributed by atoms with E-state index in [2.05, 4.69) is 4.98 Å². The number of rotatable bonds is 4. The number of aryl methyl sites for hydroxylation is 1. The van der Waals surface area contributed by atoms with Crippen molar-refractivity contribution >= 4 is 5.97 Å². The van der Waals surface area contributed by atoms with Gasteiger partial charge in [-0.2, -0.15) is 0 Å². The predicted octanol–water partition coefficient (Wildman–Crippen LogP) is 2.63. The topological polar surface area (TPSA) is 72.6 Å². The molecule has 2 aromatic rings. The fourth-order valence-electron chi connectivity index (χ4n) is 1.69. The number of nitrogens with zero attached hydrogens (tertiary/aromatic N) is 1. The average Bonchev–Trinajstić information content (AvgIpc) is 2.77. The lowest BCUT2D eigenvalue weighted by molar-refractivity contribution is 0.0656. The molecule has 2 rings (SSSR count). The van der Waals surface area contributed by atoms with Crippen molar-refractivity contribution in [2.75, 3.05) is 7.11 Å². The summed E-state index contributed by atoms with van der Waals surface area (Å²) in [5.41, 5.74) is 1.34. The number of ether oxygens (including phenoxy) is 1. The van der Waals surface area contributed by atoms with E-state index < -0.39 is 11.8 Å².